The molecule has 0 bridgehead atoms. The Balaban J connectivity index is 2.62. The van der Waals surface area contributed by atoms with Gasteiger partial charge in [0.1, 0.15) is 6.04 Å². The molecule has 5 nitrogen and oxygen atoms in total. The predicted molar refractivity (Wildman–Crippen MR) is 72.4 cm³/mol. The molecule has 1 aliphatic heterocycles. The van der Waals surface area contributed by atoms with Crippen molar-refractivity contribution in [2.75, 3.05) is 17.7 Å². The number of carboxylic acids is 1. The zero-order chi connectivity index (χ0) is 14.4. The fourth-order valence-corrected chi connectivity index (χ4v) is 4.05. The lowest BCUT2D eigenvalue weighted by molar-refractivity contribution is -0.138. The van der Waals surface area contributed by atoms with Gasteiger partial charge in [0.05, 0.1) is 16.3 Å². The lowest BCUT2D eigenvalue weighted by Gasteiger charge is -2.33. The van der Waals surface area contributed by atoms with E-state index in [1.165, 1.54) is 4.90 Å². The number of rotatable bonds is 2. The summed E-state index contributed by atoms with van der Waals surface area (Å²) >= 11 is 0. The van der Waals surface area contributed by atoms with Gasteiger partial charge >= 0.3 is 5.97 Å². The van der Waals surface area contributed by atoms with Crippen LogP contribution in [-0.4, -0.2) is 38.3 Å². The lowest BCUT2D eigenvalue weighted by Crippen LogP contribution is -2.47. The van der Waals surface area contributed by atoms with Crippen molar-refractivity contribution in [2.45, 2.75) is 30.7 Å². The summed E-state index contributed by atoms with van der Waals surface area (Å²) in [4.78, 5) is 12.9. The zero-order valence-electron chi connectivity index (χ0n) is 11.1. The molecular formula is C13H17NO4S. The molecule has 0 fully saturated rings. The summed E-state index contributed by atoms with van der Waals surface area (Å²) in [6.07, 6.45) is 0. The number of sulfone groups is 1. The van der Waals surface area contributed by atoms with E-state index in [1.807, 2.05) is 19.9 Å². The second-order valence-electron chi connectivity index (χ2n) is 5.13. The maximum atomic E-state index is 12.2. The number of carbonyl (C=O) groups is 1. The highest BCUT2D eigenvalue weighted by molar-refractivity contribution is 7.91. The van der Waals surface area contributed by atoms with Crippen molar-refractivity contribution in [3.05, 3.63) is 23.8 Å². The van der Waals surface area contributed by atoms with Crippen LogP contribution in [0.3, 0.4) is 0 Å². The van der Waals surface area contributed by atoms with Gasteiger partial charge in [-0.2, -0.15) is 0 Å². The number of benzene rings is 1. The van der Waals surface area contributed by atoms with Gasteiger partial charge in [-0.15, -0.1) is 0 Å². The summed E-state index contributed by atoms with van der Waals surface area (Å²) in [6.45, 7) is 3.97. The van der Waals surface area contributed by atoms with Crippen molar-refractivity contribution in [2.24, 2.45) is 0 Å². The zero-order valence-corrected chi connectivity index (χ0v) is 11.9. The fourth-order valence-electron chi connectivity index (χ4n) is 2.24. The summed E-state index contributed by atoms with van der Waals surface area (Å²) < 4.78 is 24.4. The van der Waals surface area contributed by atoms with Crippen LogP contribution in [0, 0.1) is 0 Å². The van der Waals surface area contributed by atoms with E-state index in [0.717, 1.165) is 5.56 Å². The van der Waals surface area contributed by atoms with Gasteiger partial charge < -0.3 is 10.0 Å². The van der Waals surface area contributed by atoms with Crippen molar-refractivity contribution < 1.29 is 18.3 Å². The highest BCUT2D eigenvalue weighted by atomic mass is 32.2. The van der Waals surface area contributed by atoms with E-state index < -0.39 is 21.8 Å². The van der Waals surface area contributed by atoms with E-state index in [9.17, 15) is 13.2 Å². The summed E-state index contributed by atoms with van der Waals surface area (Å²) in [5.41, 5.74) is 1.40. The third-order valence-corrected chi connectivity index (χ3v) is 5.25. The molecule has 0 aliphatic carbocycles. The molecule has 0 saturated heterocycles. The highest BCUT2D eigenvalue weighted by Crippen LogP contribution is 2.34. The van der Waals surface area contributed by atoms with Gasteiger partial charge in [-0.05, 0) is 23.6 Å². The summed E-state index contributed by atoms with van der Waals surface area (Å²) in [6, 6.07) is 4.17. The molecule has 0 aromatic heterocycles. The number of carboxylic acid groups (broad SMARTS) is 1. The maximum Gasteiger partial charge on any atom is 0.327 e. The molecule has 1 unspecified atom stereocenters. The summed E-state index contributed by atoms with van der Waals surface area (Å²) in [5, 5.41) is 9.10. The number of nitrogens with zero attached hydrogens (tertiary/aromatic N) is 1. The van der Waals surface area contributed by atoms with Crippen LogP contribution < -0.4 is 4.90 Å². The number of hydrogen-bond acceptors (Lipinski definition) is 4. The second-order valence-corrected chi connectivity index (χ2v) is 7.13. The van der Waals surface area contributed by atoms with Crippen molar-refractivity contribution in [1.29, 1.82) is 0 Å². The minimum atomic E-state index is -3.55. The Morgan fingerprint density at radius 3 is 2.58 bits per heavy atom. The smallest absolute Gasteiger partial charge is 0.327 e. The van der Waals surface area contributed by atoms with Crippen LogP contribution in [-0.2, 0) is 14.6 Å². The third kappa shape index (κ3) is 2.32. The largest absolute Gasteiger partial charge is 0.480 e. The van der Waals surface area contributed by atoms with Gasteiger partial charge in [0.25, 0.3) is 0 Å². The first-order chi connectivity index (χ1) is 8.74. The lowest BCUT2D eigenvalue weighted by atomic mass is 10.0. The van der Waals surface area contributed by atoms with Crippen molar-refractivity contribution >= 4 is 21.5 Å². The molecule has 104 valence electrons. The van der Waals surface area contributed by atoms with Gasteiger partial charge in [0.15, 0.2) is 9.84 Å². The molecule has 1 aromatic rings. The van der Waals surface area contributed by atoms with E-state index in [1.54, 1.807) is 19.2 Å². The van der Waals surface area contributed by atoms with Crippen molar-refractivity contribution in [1.82, 2.24) is 0 Å². The van der Waals surface area contributed by atoms with Gasteiger partial charge in [0, 0.05) is 7.05 Å². The normalized spacial score (nSPS) is 21.3. The van der Waals surface area contributed by atoms with E-state index >= 15 is 0 Å². The molecule has 1 aromatic carbocycles. The monoisotopic (exact) mass is 283 g/mol. The summed E-state index contributed by atoms with van der Waals surface area (Å²) in [5.74, 6) is -1.28. The van der Waals surface area contributed by atoms with E-state index in [4.69, 9.17) is 5.11 Å². The average Bonchev–Trinajstić information content (AvgIpc) is 2.33. The van der Waals surface area contributed by atoms with Gasteiger partial charge in [-0.25, -0.2) is 13.2 Å². The minimum Gasteiger partial charge on any atom is -0.480 e. The van der Waals surface area contributed by atoms with Crippen LogP contribution >= 0.6 is 0 Å². The number of aliphatic carboxylic acids is 1. The molecule has 6 heteroatoms. The van der Waals surface area contributed by atoms with Crippen LogP contribution in [0.25, 0.3) is 0 Å². The molecule has 2 rings (SSSR count). The average molecular weight is 283 g/mol. The summed E-state index contributed by atoms with van der Waals surface area (Å²) in [7, 11) is -1.94. The highest BCUT2D eigenvalue weighted by Gasteiger charge is 2.38. The van der Waals surface area contributed by atoms with Gasteiger partial charge in [-0.3, -0.25) is 0 Å². The molecule has 1 heterocycles. The topological polar surface area (TPSA) is 74.7 Å². The third-order valence-electron chi connectivity index (χ3n) is 3.50. The SMILES string of the molecule is CC(C)c1ccc2c(c1)S(=O)(=O)CC(C(=O)O)N2C. The standard InChI is InChI=1S/C13H17NO4S/c1-8(2)9-4-5-10-12(6-9)19(17,18)7-11(13(15)16)14(10)3/h4-6,8,11H,7H2,1-3H3,(H,15,16). The second kappa shape index (κ2) is 4.52. The maximum absolute atomic E-state index is 12.2. The van der Waals surface area contributed by atoms with E-state index in [0.29, 0.717) is 5.69 Å². The molecule has 1 N–H and O–H groups in total. The fraction of sp³-hybridized carbons (Fsp3) is 0.462. The van der Waals surface area contributed by atoms with Gasteiger partial charge in [0.2, 0.25) is 0 Å². The van der Waals surface area contributed by atoms with Crippen LogP contribution in [0.1, 0.15) is 25.3 Å². The Bertz CT molecular complexity index is 622. The Morgan fingerprint density at radius 1 is 1.42 bits per heavy atom. The first-order valence-electron chi connectivity index (χ1n) is 6.06. The Hall–Kier alpha value is -1.56. The molecule has 0 saturated carbocycles. The predicted octanol–water partition coefficient (Wildman–Crippen LogP) is 1.49. The molecule has 0 spiro atoms. The first-order valence-corrected chi connectivity index (χ1v) is 7.71. The molecule has 0 radical (unpaired) electrons. The molecule has 1 aliphatic rings. The molecule has 19 heavy (non-hydrogen) atoms. The Labute approximate surface area is 112 Å². The molecule has 0 amide bonds. The van der Waals surface area contributed by atoms with Crippen LogP contribution in [0.4, 0.5) is 5.69 Å². The number of anilines is 1. The number of hydrogen-bond donors (Lipinski definition) is 1. The quantitative estimate of drug-likeness (QED) is 0.890. The van der Waals surface area contributed by atoms with E-state index in [2.05, 4.69) is 0 Å². The number of fused-ring (bicyclic) bond motifs is 1. The molecule has 1 atom stereocenters. The van der Waals surface area contributed by atoms with Crippen LogP contribution in [0.5, 0.6) is 0 Å². The first kappa shape index (κ1) is 13.9. The van der Waals surface area contributed by atoms with E-state index in [-0.39, 0.29) is 16.6 Å². The van der Waals surface area contributed by atoms with Gasteiger partial charge in [-0.1, -0.05) is 19.9 Å². The van der Waals surface area contributed by atoms with Crippen molar-refractivity contribution in [3.63, 3.8) is 0 Å². The molecular weight excluding hydrogens is 266 g/mol. The number of likely N-dealkylation sites (N-methyl/N-ethyl adjacent to an activating group) is 1. The van der Waals surface area contributed by atoms with Crippen LogP contribution in [0.15, 0.2) is 23.1 Å². The minimum absolute atomic E-state index is 0.225. The van der Waals surface area contributed by atoms with Crippen LogP contribution in [0.2, 0.25) is 0 Å². The van der Waals surface area contributed by atoms with Crippen molar-refractivity contribution in [3.8, 4) is 0 Å². The Kier molecular flexibility index (Phi) is 3.30. The Morgan fingerprint density at radius 2 is 2.05 bits per heavy atom.